The average Bonchev–Trinajstić information content (AvgIpc) is 2.71. The van der Waals surface area contributed by atoms with Crippen LogP contribution in [0.5, 0.6) is 0 Å². The van der Waals surface area contributed by atoms with Gasteiger partial charge in [0.1, 0.15) is 18.7 Å². The Bertz CT molecular complexity index is 1080. The van der Waals surface area contributed by atoms with Crippen LogP contribution < -0.4 is 10.5 Å². The van der Waals surface area contributed by atoms with Crippen LogP contribution in [-0.2, 0) is 11.3 Å². The molecule has 1 aromatic carbocycles. The number of carbonyl (C=O) groups is 1. The summed E-state index contributed by atoms with van der Waals surface area (Å²) in [7, 11) is 0. The van der Waals surface area contributed by atoms with Gasteiger partial charge in [-0.25, -0.2) is 14.6 Å². The van der Waals surface area contributed by atoms with E-state index in [0.29, 0.717) is 26.2 Å². The summed E-state index contributed by atoms with van der Waals surface area (Å²) in [5, 5.41) is 5.24. The van der Waals surface area contributed by atoms with E-state index in [4.69, 9.17) is 0 Å². The van der Waals surface area contributed by atoms with Gasteiger partial charge < -0.3 is 9.80 Å². The van der Waals surface area contributed by atoms with E-state index >= 15 is 0 Å². The molecule has 0 N–H and O–H groups in total. The van der Waals surface area contributed by atoms with Gasteiger partial charge in [0.2, 0.25) is 5.91 Å². The van der Waals surface area contributed by atoms with Crippen molar-refractivity contribution in [2.24, 2.45) is 0 Å². The van der Waals surface area contributed by atoms with Crippen LogP contribution in [0, 0.1) is 13.8 Å². The number of para-hydroxylation sites is 1. The van der Waals surface area contributed by atoms with Gasteiger partial charge in [-0.15, -0.1) is 0 Å². The molecule has 0 atom stereocenters. The highest BCUT2D eigenvalue weighted by molar-refractivity contribution is 5.89. The molecule has 0 unspecified atom stereocenters. The molecular weight excluding hydrogens is 356 g/mol. The van der Waals surface area contributed by atoms with Gasteiger partial charge in [0, 0.05) is 37.6 Å². The zero-order valence-electron chi connectivity index (χ0n) is 16.0. The van der Waals surface area contributed by atoms with Gasteiger partial charge in [-0.3, -0.25) is 9.59 Å². The van der Waals surface area contributed by atoms with Crippen molar-refractivity contribution in [1.82, 2.24) is 24.6 Å². The number of hydrogen-bond acceptors (Lipinski definition) is 6. The molecule has 1 fully saturated rings. The lowest BCUT2D eigenvalue weighted by Crippen LogP contribution is -2.50. The Balaban J connectivity index is 1.45. The van der Waals surface area contributed by atoms with Crippen molar-refractivity contribution in [3.63, 3.8) is 0 Å². The Morgan fingerprint density at radius 3 is 2.61 bits per heavy atom. The molecule has 0 radical (unpaired) electrons. The summed E-state index contributed by atoms with van der Waals surface area (Å²) >= 11 is 0. The largest absolute Gasteiger partial charge is 0.352 e. The van der Waals surface area contributed by atoms with E-state index in [2.05, 4.69) is 20.0 Å². The first kappa shape index (κ1) is 18.1. The number of piperazine rings is 1. The van der Waals surface area contributed by atoms with Crippen molar-refractivity contribution < 1.29 is 4.79 Å². The molecule has 1 aliphatic rings. The summed E-state index contributed by atoms with van der Waals surface area (Å²) < 4.78 is 1.25. The van der Waals surface area contributed by atoms with Crippen LogP contribution in [0.15, 0.2) is 41.5 Å². The van der Waals surface area contributed by atoms with Gasteiger partial charge >= 0.3 is 0 Å². The predicted molar refractivity (Wildman–Crippen MR) is 106 cm³/mol. The second kappa shape index (κ2) is 7.38. The van der Waals surface area contributed by atoms with Crippen LogP contribution in [-0.4, -0.2) is 56.7 Å². The van der Waals surface area contributed by atoms with Crippen LogP contribution >= 0.6 is 0 Å². The van der Waals surface area contributed by atoms with Crippen molar-refractivity contribution >= 4 is 22.6 Å². The second-order valence-corrected chi connectivity index (χ2v) is 6.99. The number of rotatable bonds is 3. The highest BCUT2D eigenvalue weighted by Crippen LogP contribution is 2.23. The molecule has 0 bridgehead atoms. The minimum Gasteiger partial charge on any atom is -0.352 e. The number of fused-ring (bicyclic) bond motifs is 1. The third kappa shape index (κ3) is 3.45. The average molecular weight is 378 g/mol. The molecule has 3 heterocycles. The summed E-state index contributed by atoms with van der Waals surface area (Å²) in [6.07, 6.45) is 1.58. The quantitative estimate of drug-likeness (QED) is 0.680. The monoisotopic (exact) mass is 378 g/mol. The summed E-state index contributed by atoms with van der Waals surface area (Å²) in [4.78, 5) is 37.4. The van der Waals surface area contributed by atoms with Gasteiger partial charge in [-0.2, -0.15) is 5.10 Å². The molecular formula is C20H22N6O2. The summed E-state index contributed by atoms with van der Waals surface area (Å²) in [6.45, 7) is 6.17. The zero-order valence-corrected chi connectivity index (χ0v) is 16.0. The standard InChI is InChI=1S/C20H22N6O2/c1-14-11-18(27)26(23-15(14)2)12-19(28)24-7-9-25(10-8-24)20-16-5-3-4-6-17(16)21-13-22-20/h3-6,11,13H,7-10,12H2,1-2H3. The summed E-state index contributed by atoms with van der Waals surface area (Å²) in [6, 6.07) is 9.43. The molecule has 1 saturated heterocycles. The summed E-state index contributed by atoms with van der Waals surface area (Å²) in [5.41, 5.74) is 2.25. The molecule has 0 saturated carbocycles. The number of aromatic nitrogens is 4. The topological polar surface area (TPSA) is 84.2 Å². The van der Waals surface area contributed by atoms with Crippen LogP contribution in [0.1, 0.15) is 11.3 Å². The maximum Gasteiger partial charge on any atom is 0.267 e. The van der Waals surface area contributed by atoms with E-state index in [1.807, 2.05) is 38.1 Å². The lowest BCUT2D eigenvalue weighted by Gasteiger charge is -2.35. The number of aryl methyl sites for hydroxylation is 2. The van der Waals surface area contributed by atoms with Gasteiger partial charge in [-0.05, 0) is 31.5 Å². The molecule has 8 heteroatoms. The third-order valence-corrected chi connectivity index (χ3v) is 5.17. The Kier molecular flexibility index (Phi) is 4.77. The van der Waals surface area contributed by atoms with E-state index in [9.17, 15) is 9.59 Å². The smallest absolute Gasteiger partial charge is 0.267 e. The maximum absolute atomic E-state index is 12.7. The highest BCUT2D eigenvalue weighted by Gasteiger charge is 2.23. The van der Waals surface area contributed by atoms with Gasteiger partial charge in [0.25, 0.3) is 5.56 Å². The Labute approximate surface area is 162 Å². The van der Waals surface area contributed by atoms with E-state index in [1.54, 1.807) is 11.2 Å². The Morgan fingerprint density at radius 2 is 1.82 bits per heavy atom. The highest BCUT2D eigenvalue weighted by atomic mass is 16.2. The van der Waals surface area contributed by atoms with Crippen molar-refractivity contribution in [2.45, 2.75) is 20.4 Å². The molecule has 144 valence electrons. The molecule has 1 aliphatic heterocycles. The molecule has 28 heavy (non-hydrogen) atoms. The number of amides is 1. The van der Waals surface area contributed by atoms with Crippen molar-refractivity contribution in [2.75, 3.05) is 31.1 Å². The molecule has 3 aromatic rings. The zero-order chi connectivity index (χ0) is 19.7. The first-order valence-corrected chi connectivity index (χ1v) is 9.31. The number of carbonyl (C=O) groups excluding carboxylic acids is 1. The predicted octanol–water partition coefficient (Wildman–Crippen LogP) is 1.15. The van der Waals surface area contributed by atoms with Crippen LogP contribution in [0.2, 0.25) is 0 Å². The van der Waals surface area contributed by atoms with Crippen LogP contribution in [0.3, 0.4) is 0 Å². The van der Waals surface area contributed by atoms with E-state index < -0.39 is 0 Å². The first-order chi connectivity index (χ1) is 13.5. The van der Waals surface area contributed by atoms with Crippen LogP contribution in [0.25, 0.3) is 10.9 Å². The molecule has 2 aromatic heterocycles. The molecule has 1 amide bonds. The Morgan fingerprint density at radius 1 is 1.07 bits per heavy atom. The minimum atomic E-state index is -0.248. The fourth-order valence-electron chi connectivity index (χ4n) is 3.43. The number of nitrogens with zero attached hydrogens (tertiary/aromatic N) is 6. The van der Waals surface area contributed by atoms with Gasteiger partial charge in [0.05, 0.1) is 11.2 Å². The maximum atomic E-state index is 12.7. The second-order valence-electron chi connectivity index (χ2n) is 6.99. The number of benzene rings is 1. The van der Waals surface area contributed by atoms with Gasteiger partial charge in [0.15, 0.2) is 0 Å². The fraction of sp³-hybridized carbons (Fsp3) is 0.350. The molecule has 4 rings (SSSR count). The minimum absolute atomic E-state index is 0.0314. The number of hydrogen-bond donors (Lipinski definition) is 0. The van der Waals surface area contributed by atoms with Crippen molar-refractivity contribution in [3.05, 3.63) is 58.3 Å². The lowest BCUT2D eigenvalue weighted by molar-refractivity contribution is -0.132. The SMILES string of the molecule is Cc1cc(=O)n(CC(=O)N2CCN(c3ncnc4ccccc34)CC2)nc1C. The van der Waals surface area contributed by atoms with E-state index in [1.165, 1.54) is 10.7 Å². The Hall–Kier alpha value is -3.29. The van der Waals surface area contributed by atoms with E-state index in [-0.39, 0.29) is 18.0 Å². The third-order valence-electron chi connectivity index (χ3n) is 5.17. The molecule has 8 nitrogen and oxygen atoms in total. The van der Waals surface area contributed by atoms with Crippen molar-refractivity contribution in [1.29, 1.82) is 0 Å². The molecule has 0 spiro atoms. The molecule has 0 aliphatic carbocycles. The first-order valence-electron chi connectivity index (χ1n) is 9.31. The fourth-order valence-corrected chi connectivity index (χ4v) is 3.43. The lowest BCUT2D eigenvalue weighted by atomic mass is 10.2. The number of anilines is 1. The normalized spacial score (nSPS) is 14.5. The summed E-state index contributed by atoms with van der Waals surface area (Å²) in [5.74, 6) is 0.801. The van der Waals surface area contributed by atoms with Gasteiger partial charge in [-0.1, -0.05) is 12.1 Å². The van der Waals surface area contributed by atoms with Crippen LogP contribution in [0.4, 0.5) is 5.82 Å². The van der Waals surface area contributed by atoms with E-state index in [0.717, 1.165) is 28.0 Å². The van der Waals surface area contributed by atoms with Crippen molar-refractivity contribution in [3.8, 4) is 0 Å².